The largest absolute Gasteiger partial charge is 0.394 e. The second-order valence-corrected chi connectivity index (χ2v) is 14.7. The number of amides is 1. The minimum atomic E-state index is -1.65. The van der Waals surface area contributed by atoms with E-state index in [-0.39, 0.29) is 6.42 Å². The molecule has 0 spiro atoms. The maximum atomic E-state index is 13.0. The maximum absolute atomic E-state index is 13.0. The Kier molecular flexibility index (Phi) is 28.8. The molecule has 1 fully saturated rings. The van der Waals surface area contributed by atoms with Crippen LogP contribution in [0.5, 0.6) is 0 Å². The van der Waals surface area contributed by atoms with Gasteiger partial charge in [-0.15, -0.1) is 0 Å². The molecule has 50 heavy (non-hydrogen) atoms. The lowest BCUT2D eigenvalue weighted by atomic mass is 9.98. The maximum Gasteiger partial charge on any atom is 0.249 e. The first-order valence-electron chi connectivity index (χ1n) is 20.4. The van der Waals surface area contributed by atoms with Crippen LogP contribution in [0.4, 0.5) is 0 Å². The molecule has 11 nitrogen and oxygen atoms in total. The van der Waals surface area contributed by atoms with E-state index in [0.717, 1.165) is 38.5 Å². The van der Waals surface area contributed by atoms with Crippen LogP contribution in [0.25, 0.3) is 0 Å². The number of carbonyl (C=O) groups excluding carboxylic acids is 1. The number of hydrogen-bond donors (Lipinski definition) is 8. The van der Waals surface area contributed by atoms with E-state index in [1.165, 1.54) is 96.3 Å². The van der Waals surface area contributed by atoms with E-state index in [1.807, 2.05) is 0 Å². The van der Waals surface area contributed by atoms with Gasteiger partial charge in [0.1, 0.15) is 36.6 Å². The third kappa shape index (κ3) is 21.0. The van der Waals surface area contributed by atoms with Crippen molar-refractivity contribution in [2.75, 3.05) is 13.2 Å². The van der Waals surface area contributed by atoms with Crippen LogP contribution in [0.3, 0.4) is 0 Å². The SMILES string of the molecule is CCCCCCCCCCCCCCCCC(O)C(=O)NC(COC1OC(CO)C(O)C(O)C1O)C(O)C(O)CCCCCCCCCCC. The van der Waals surface area contributed by atoms with Crippen LogP contribution >= 0.6 is 0 Å². The molecule has 1 saturated heterocycles. The van der Waals surface area contributed by atoms with Crippen molar-refractivity contribution in [2.24, 2.45) is 0 Å². The second-order valence-electron chi connectivity index (χ2n) is 14.7. The van der Waals surface area contributed by atoms with Crippen molar-refractivity contribution in [1.29, 1.82) is 0 Å². The summed E-state index contributed by atoms with van der Waals surface area (Å²) < 4.78 is 11.0. The van der Waals surface area contributed by atoms with Crippen molar-refractivity contribution < 1.29 is 50.0 Å². The van der Waals surface area contributed by atoms with Crippen molar-refractivity contribution in [2.45, 2.75) is 229 Å². The number of carbonyl (C=O) groups is 1. The van der Waals surface area contributed by atoms with Gasteiger partial charge in [0, 0.05) is 0 Å². The number of aliphatic hydroxyl groups excluding tert-OH is 7. The first-order chi connectivity index (χ1) is 24.2. The first kappa shape index (κ1) is 47.1. The molecule has 9 unspecified atom stereocenters. The second kappa shape index (κ2) is 30.6. The Morgan fingerprint density at radius 2 is 1.04 bits per heavy atom. The molecule has 9 atom stereocenters. The predicted molar refractivity (Wildman–Crippen MR) is 196 cm³/mol. The summed E-state index contributed by atoms with van der Waals surface area (Å²) in [4.78, 5) is 13.0. The fraction of sp³-hybridized carbons (Fsp3) is 0.974. The Labute approximate surface area is 303 Å². The molecular formula is C39H77NO10. The molecule has 1 aliphatic rings. The van der Waals surface area contributed by atoms with Crippen LogP contribution in [0.1, 0.15) is 174 Å². The summed E-state index contributed by atoms with van der Waals surface area (Å²) in [6, 6.07) is -1.16. The van der Waals surface area contributed by atoms with Gasteiger partial charge < -0.3 is 50.5 Å². The van der Waals surface area contributed by atoms with Gasteiger partial charge in [0.25, 0.3) is 0 Å². The van der Waals surface area contributed by atoms with Gasteiger partial charge >= 0.3 is 0 Å². The van der Waals surface area contributed by atoms with Crippen LogP contribution in [-0.4, -0.2) is 110 Å². The molecule has 1 rings (SSSR count). The lowest BCUT2D eigenvalue weighted by molar-refractivity contribution is -0.303. The molecular weight excluding hydrogens is 642 g/mol. The number of unbranched alkanes of at least 4 members (excludes halogenated alkanes) is 21. The molecule has 0 aromatic heterocycles. The Bertz CT molecular complexity index is 790. The number of rotatable bonds is 33. The highest BCUT2D eigenvalue weighted by molar-refractivity contribution is 5.80. The smallest absolute Gasteiger partial charge is 0.249 e. The minimum Gasteiger partial charge on any atom is -0.394 e. The molecule has 0 radical (unpaired) electrons. The summed E-state index contributed by atoms with van der Waals surface area (Å²) >= 11 is 0. The van der Waals surface area contributed by atoms with E-state index in [9.17, 15) is 40.5 Å². The summed E-state index contributed by atoms with van der Waals surface area (Å²) in [5.74, 6) is -0.698. The number of ether oxygens (including phenoxy) is 2. The molecule has 0 bridgehead atoms. The quantitative estimate of drug-likeness (QED) is 0.0421. The fourth-order valence-electron chi connectivity index (χ4n) is 6.67. The van der Waals surface area contributed by atoms with Gasteiger partial charge in [-0.05, 0) is 12.8 Å². The Hall–Kier alpha value is -0.890. The summed E-state index contributed by atoms with van der Waals surface area (Å²) in [5.41, 5.74) is 0. The van der Waals surface area contributed by atoms with Crippen LogP contribution in [0.15, 0.2) is 0 Å². The van der Waals surface area contributed by atoms with Crippen LogP contribution in [0.2, 0.25) is 0 Å². The van der Waals surface area contributed by atoms with Crippen molar-refractivity contribution in [3.63, 3.8) is 0 Å². The Morgan fingerprint density at radius 1 is 0.620 bits per heavy atom. The molecule has 0 aliphatic carbocycles. The van der Waals surface area contributed by atoms with E-state index in [0.29, 0.717) is 19.3 Å². The molecule has 298 valence electrons. The third-order valence-electron chi connectivity index (χ3n) is 10.2. The van der Waals surface area contributed by atoms with Gasteiger partial charge in [-0.3, -0.25) is 4.79 Å². The number of aliphatic hydroxyl groups is 7. The van der Waals surface area contributed by atoms with Crippen molar-refractivity contribution >= 4 is 5.91 Å². The van der Waals surface area contributed by atoms with Gasteiger partial charge in [-0.1, -0.05) is 162 Å². The molecule has 0 aromatic rings. The van der Waals surface area contributed by atoms with Crippen molar-refractivity contribution in [3.05, 3.63) is 0 Å². The third-order valence-corrected chi connectivity index (χ3v) is 10.2. The van der Waals surface area contributed by atoms with Crippen molar-refractivity contribution in [1.82, 2.24) is 5.32 Å². The zero-order valence-corrected chi connectivity index (χ0v) is 31.6. The average molecular weight is 720 g/mol. The Morgan fingerprint density at radius 3 is 1.48 bits per heavy atom. The van der Waals surface area contributed by atoms with Gasteiger partial charge in [-0.25, -0.2) is 0 Å². The highest BCUT2D eigenvalue weighted by atomic mass is 16.7. The molecule has 0 saturated carbocycles. The van der Waals surface area contributed by atoms with E-state index < -0.39 is 74.2 Å². The van der Waals surface area contributed by atoms with Crippen LogP contribution in [-0.2, 0) is 14.3 Å². The van der Waals surface area contributed by atoms with Crippen LogP contribution in [0, 0.1) is 0 Å². The molecule has 8 N–H and O–H groups in total. The number of nitrogens with one attached hydrogen (secondary N) is 1. The molecule has 11 heteroatoms. The summed E-state index contributed by atoms with van der Waals surface area (Å²) in [6.07, 6.45) is 16.0. The average Bonchev–Trinajstić information content (AvgIpc) is 3.11. The zero-order valence-electron chi connectivity index (χ0n) is 31.6. The minimum absolute atomic E-state index is 0.265. The zero-order chi connectivity index (χ0) is 37.0. The topological polar surface area (TPSA) is 189 Å². The van der Waals surface area contributed by atoms with Gasteiger partial charge in [-0.2, -0.15) is 0 Å². The van der Waals surface area contributed by atoms with Gasteiger partial charge in [0.2, 0.25) is 5.91 Å². The molecule has 1 aliphatic heterocycles. The van der Waals surface area contributed by atoms with Gasteiger partial charge in [0.05, 0.1) is 25.4 Å². The van der Waals surface area contributed by atoms with E-state index in [2.05, 4.69) is 19.2 Å². The van der Waals surface area contributed by atoms with E-state index in [4.69, 9.17) is 9.47 Å². The normalized spacial score (nSPS) is 23.4. The summed E-state index contributed by atoms with van der Waals surface area (Å²) in [7, 11) is 0. The lowest BCUT2D eigenvalue weighted by Crippen LogP contribution is -2.60. The monoisotopic (exact) mass is 720 g/mol. The van der Waals surface area contributed by atoms with Crippen LogP contribution < -0.4 is 5.32 Å². The first-order valence-corrected chi connectivity index (χ1v) is 20.4. The predicted octanol–water partition coefficient (Wildman–Crippen LogP) is 5.16. The highest BCUT2D eigenvalue weighted by Gasteiger charge is 2.44. The highest BCUT2D eigenvalue weighted by Crippen LogP contribution is 2.23. The standard InChI is InChI=1S/C39H77NO10/c1-3-5-7-9-11-13-14-15-16-17-19-21-23-25-27-32(43)38(48)40-30(29-49-39-37(47)36(46)35(45)33(28-41)50-39)34(44)31(42)26-24-22-20-18-12-10-8-6-4-2/h30-37,39,41-47H,3-29H2,1-2H3,(H,40,48). The summed E-state index contributed by atoms with van der Waals surface area (Å²) in [6.45, 7) is 3.39. The van der Waals surface area contributed by atoms with E-state index in [1.54, 1.807) is 0 Å². The molecule has 0 aromatic carbocycles. The molecule has 1 amide bonds. The van der Waals surface area contributed by atoms with E-state index >= 15 is 0 Å². The lowest BCUT2D eigenvalue weighted by Gasteiger charge is -2.40. The Balaban J connectivity index is 2.51. The van der Waals surface area contributed by atoms with Gasteiger partial charge in [0.15, 0.2) is 6.29 Å². The van der Waals surface area contributed by atoms with Crippen molar-refractivity contribution in [3.8, 4) is 0 Å². The molecule has 1 heterocycles. The summed E-state index contributed by atoms with van der Waals surface area (Å²) in [5, 5.41) is 75.2. The number of hydrogen-bond acceptors (Lipinski definition) is 10. The fourth-order valence-corrected chi connectivity index (χ4v) is 6.67.